The van der Waals surface area contributed by atoms with Crippen LogP contribution in [0.15, 0.2) is 22.9 Å². The molecule has 2 aromatic rings. The van der Waals surface area contributed by atoms with Gasteiger partial charge in [-0.25, -0.2) is 9.59 Å². The number of hydrogen-bond donors (Lipinski definition) is 2. The molecule has 47 heavy (non-hydrogen) atoms. The third-order valence-corrected chi connectivity index (χ3v) is 11.6. The molecule has 256 valence electrons. The standard InChI is InChI=1S/C34H48ClN7O4S/c1-3-24-18-23(19-28(35)31(24)36)20-30(32(43)40-16-14-39(15-17-40)26-5-9-38(2)10-6-26)46-34(45)41-11-7-27(8-12-41)42-13-4-25-21-47-22-29(25)37-33(42)44/h18-19,21-22,26-27,30H,3-17,20,36H2,1-2H3,(H,37,44)/t30-/m1/s1. The Morgan fingerprint density at radius 1 is 0.979 bits per heavy atom. The predicted octanol–water partition coefficient (Wildman–Crippen LogP) is 4.39. The molecular formula is C34H48ClN7O4S. The first kappa shape index (κ1) is 33.8. The molecular weight excluding hydrogens is 638 g/mol. The minimum Gasteiger partial charge on any atom is -0.436 e. The summed E-state index contributed by atoms with van der Waals surface area (Å²) in [4.78, 5) is 51.0. The van der Waals surface area contributed by atoms with E-state index in [1.54, 1.807) is 22.3 Å². The second-order valence-corrected chi connectivity index (χ2v) is 14.5. The summed E-state index contributed by atoms with van der Waals surface area (Å²) >= 11 is 8.07. The van der Waals surface area contributed by atoms with Gasteiger partial charge in [-0.1, -0.05) is 24.6 Å². The van der Waals surface area contributed by atoms with E-state index in [-0.39, 0.29) is 24.4 Å². The maximum Gasteiger partial charge on any atom is 0.410 e. The molecule has 1 aromatic heterocycles. The molecule has 0 saturated carbocycles. The number of thiophene rings is 1. The third kappa shape index (κ3) is 7.82. The van der Waals surface area contributed by atoms with Crippen molar-refractivity contribution in [1.82, 2.24) is 24.5 Å². The second-order valence-electron chi connectivity index (χ2n) is 13.4. The Hall–Kier alpha value is -3.06. The van der Waals surface area contributed by atoms with Crippen molar-refractivity contribution in [3.05, 3.63) is 44.6 Å². The van der Waals surface area contributed by atoms with Crippen molar-refractivity contribution in [2.45, 2.75) is 70.1 Å². The molecule has 5 heterocycles. The van der Waals surface area contributed by atoms with Crippen LogP contribution >= 0.6 is 22.9 Å². The van der Waals surface area contributed by atoms with Gasteiger partial charge in [0.2, 0.25) is 0 Å². The van der Waals surface area contributed by atoms with E-state index in [0.717, 1.165) is 62.3 Å². The number of benzene rings is 1. The SMILES string of the molecule is CCc1cc(C[C@@H](OC(=O)N2CCC(N3CCc4cscc4NC3=O)CC2)C(=O)N2CCN(C3CCN(C)CC3)CC2)cc(Cl)c1N. The molecule has 4 amide bonds. The zero-order valence-electron chi connectivity index (χ0n) is 27.6. The number of urea groups is 1. The average molecular weight is 686 g/mol. The van der Waals surface area contributed by atoms with Crippen LogP contribution in [-0.4, -0.2) is 127 Å². The molecule has 0 bridgehead atoms. The number of ether oxygens (including phenoxy) is 1. The number of piperazine rings is 1. The Morgan fingerprint density at radius 3 is 2.38 bits per heavy atom. The smallest absolute Gasteiger partial charge is 0.410 e. The van der Waals surface area contributed by atoms with Crippen LogP contribution in [0.4, 0.5) is 21.0 Å². The van der Waals surface area contributed by atoms with E-state index >= 15 is 0 Å². The normalized spacial score (nSPS) is 21.3. The van der Waals surface area contributed by atoms with Gasteiger partial charge in [0, 0.05) is 69.7 Å². The molecule has 13 heteroatoms. The Balaban J connectivity index is 1.09. The predicted molar refractivity (Wildman–Crippen MR) is 186 cm³/mol. The number of fused-ring (bicyclic) bond motifs is 1. The van der Waals surface area contributed by atoms with Crippen molar-refractivity contribution < 1.29 is 19.1 Å². The van der Waals surface area contributed by atoms with E-state index in [1.165, 1.54) is 5.56 Å². The van der Waals surface area contributed by atoms with Crippen molar-refractivity contribution in [3.63, 3.8) is 0 Å². The molecule has 3 N–H and O–H groups in total. The number of carbonyl (C=O) groups excluding carboxylic acids is 3. The third-order valence-electron chi connectivity index (χ3n) is 10.5. The van der Waals surface area contributed by atoms with E-state index in [9.17, 15) is 14.4 Å². The molecule has 6 rings (SSSR count). The van der Waals surface area contributed by atoms with E-state index in [0.29, 0.717) is 68.7 Å². The van der Waals surface area contributed by atoms with Gasteiger partial charge in [0.05, 0.1) is 16.4 Å². The topological polar surface area (TPSA) is 115 Å². The Bertz CT molecular complexity index is 1430. The van der Waals surface area contributed by atoms with E-state index in [4.69, 9.17) is 22.1 Å². The van der Waals surface area contributed by atoms with Crippen molar-refractivity contribution in [1.29, 1.82) is 0 Å². The largest absolute Gasteiger partial charge is 0.436 e. The number of likely N-dealkylation sites (tertiary alicyclic amines) is 2. The lowest BCUT2D eigenvalue weighted by atomic mass is 10.0. The highest BCUT2D eigenvalue weighted by atomic mass is 35.5. The number of carbonyl (C=O) groups is 3. The summed E-state index contributed by atoms with van der Waals surface area (Å²) < 4.78 is 6.07. The van der Waals surface area contributed by atoms with Gasteiger partial charge in [0.15, 0.2) is 6.10 Å². The van der Waals surface area contributed by atoms with Gasteiger partial charge in [-0.2, -0.15) is 0 Å². The van der Waals surface area contributed by atoms with Gasteiger partial charge in [-0.05, 0) is 86.8 Å². The first-order chi connectivity index (χ1) is 22.7. The van der Waals surface area contributed by atoms with Crippen molar-refractivity contribution in [2.75, 3.05) is 77.0 Å². The molecule has 0 radical (unpaired) electrons. The lowest BCUT2D eigenvalue weighted by molar-refractivity contribution is -0.143. The lowest BCUT2D eigenvalue weighted by Crippen LogP contribution is -2.56. The van der Waals surface area contributed by atoms with Crippen molar-refractivity contribution >= 4 is 52.3 Å². The zero-order chi connectivity index (χ0) is 33.1. The minimum absolute atomic E-state index is 0.0365. The fourth-order valence-electron chi connectivity index (χ4n) is 7.47. The molecule has 4 aliphatic rings. The summed E-state index contributed by atoms with van der Waals surface area (Å²) in [6, 6.07) is 4.24. The van der Waals surface area contributed by atoms with E-state index in [2.05, 4.69) is 27.5 Å². The second kappa shape index (κ2) is 15.0. The Morgan fingerprint density at radius 2 is 1.68 bits per heavy atom. The van der Waals surface area contributed by atoms with Gasteiger partial charge in [0.25, 0.3) is 5.91 Å². The summed E-state index contributed by atoms with van der Waals surface area (Å²) in [5.41, 5.74) is 10.5. The van der Waals surface area contributed by atoms with Crippen LogP contribution in [0.2, 0.25) is 5.02 Å². The van der Waals surface area contributed by atoms with Gasteiger partial charge in [0.1, 0.15) is 0 Å². The summed E-state index contributed by atoms with van der Waals surface area (Å²) in [7, 11) is 2.17. The maximum atomic E-state index is 14.0. The molecule has 1 atom stereocenters. The fourth-order valence-corrected chi connectivity index (χ4v) is 8.56. The fraction of sp³-hybridized carbons (Fsp3) is 0.618. The molecule has 3 fully saturated rings. The molecule has 4 aliphatic heterocycles. The highest BCUT2D eigenvalue weighted by Gasteiger charge is 2.36. The number of nitrogens with one attached hydrogen (secondary N) is 1. The number of nitrogens with two attached hydrogens (primary N) is 1. The van der Waals surface area contributed by atoms with Gasteiger partial charge in [-0.3, -0.25) is 9.69 Å². The summed E-state index contributed by atoms with van der Waals surface area (Å²) in [5.74, 6) is -0.171. The number of rotatable bonds is 7. The minimum atomic E-state index is -0.977. The summed E-state index contributed by atoms with van der Waals surface area (Å²) in [6.07, 6.45) is 3.87. The molecule has 1 aromatic carbocycles. The average Bonchev–Trinajstić information content (AvgIpc) is 3.46. The Kier molecular flexibility index (Phi) is 10.8. The first-order valence-electron chi connectivity index (χ1n) is 17.1. The van der Waals surface area contributed by atoms with Crippen LogP contribution in [0.25, 0.3) is 0 Å². The summed E-state index contributed by atoms with van der Waals surface area (Å²) in [5, 5.41) is 7.55. The molecule has 0 unspecified atom stereocenters. The van der Waals surface area contributed by atoms with E-state index in [1.807, 2.05) is 28.2 Å². The highest BCUT2D eigenvalue weighted by Crippen LogP contribution is 2.29. The molecule has 11 nitrogen and oxygen atoms in total. The van der Waals surface area contributed by atoms with Crippen LogP contribution in [0, 0.1) is 0 Å². The maximum absolute atomic E-state index is 14.0. The van der Waals surface area contributed by atoms with Gasteiger partial charge in [-0.15, -0.1) is 11.3 Å². The van der Waals surface area contributed by atoms with Gasteiger partial charge >= 0.3 is 12.1 Å². The highest BCUT2D eigenvalue weighted by molar-refractivity contribution is 7.08. The monoisotopic (exact) mass is 685 g/mol. The van der Waals surface area contributed by atoms with Crippen LogP contribution < -0.4 is 11.1 Å². The molecule has 0 aliphatic carbocycles. The number of piperidine rings is 2. The zero-order valence-corrected chi connectivity index (χ0v) is 29.2. The van der Waals surface area contributed by atoms with Crippen molar-refractivity contribution in [2.24, 2.45) is 0 Å². The number of anilines is 2. The number of halogens is 1. The van der Waals surface area contributed by atoms with Crippen LogP contribution in [0.1, 0.15) is 49.3 Å². The number of amides is 4. The Labute approximate surface area is 286 Å². The van der Waals surface area contributed by atoms with Crippen LogP contribution in [0.5, 0.6) is 0 Å². The van der Waals surface area contributed by atoms with E-state index < -0.39 is 12.2 Å². The molecule has 0 spiro atoms. The first-order valence-corrected chi connectivity index (χ1v) is 18.4. The van der Waals surface area contributed by atoms with Crippen LogP contribution in [0.3, 0.4) is 0 Å². The van der Waals surface area contributed by atoms with Crippen molar-refractivity contribution in [3.8, 4) is 0 Å². The number of aryl methyl sites for hydroxylation is 1. The lowest BCUT2D eigenvalue weighted by Gasteiger charge is -2.42. The number of nitrogen functional groups attached to an aromatic ring is 1. The molecule has 3 saturated heterocycles. The van der Waals surface area contributed by atoms with Crippen LogP contribution in [-0.2, 0) is 28.8 Å². The quantitative estimate of drug-likeness (QED) is 0.416. The summed E-state index contributed by atoms with van der Waals surface area (Å²) in [6.45, 7) is 8.63. The number of hydrogen-bond acceptors (Lipinski definition) is 8. The van der Waals surface area contributed by atoms with Gasteiger partial charge < -0.3 is 35.4 Å². The number of nitrogens with zero attached hydrogens (tertiary/aromatic N) is 5.